The second-order valence-corrected chi connectivity index (χ2v) is 16.0. The van der Waals surface area contributed by atoms with Gasteiger partial charge in [0.1, 0.15) is 0 Å². The van der Waals surface area contributed by atoms with E-state index in [1.165, 1.54) is 15.9 Å². The van der Waals surface area contributed by atoms with Gasteiger partial charge in [0.05, 0.1) is 0 Å². The number of aromatic nitrogens is 2. The molecular formula is C21H18BrN2PS. The SMILES string of the molecule is BrP(Cc1nncs1)(c1ccccc1)(c1ccccc1)c1ccccc1. The van der Waals surface area contributed by atoms with Crippen LogP contribution >= 0.6 is 32.1 Å². The molecule has 1 heterocycles. The van der Waals surface area contributed by atoms with E-state index in [0.717, 1.165) is 11.2 Å². The van der Waals surface area contributed by atoms with Crippen LogP contribution in [0.5, 0.6) is 0 Å². The van der Waals surface area contributed by atoms with Crippen LogP contribution in [0.4, 0.5) is 0 Å². The molecule has 0 amide bonds. The van der Waals surface area contributed by atoms with E-state index in [2.05, 4.69) is 117 Å². The van der Waals surface area contributed by atoms with E-state index in [1.54, 1.807) is 11.3 Å². The quantitative estimate of drug-likeness (QED) is 0.413. The molecular weight excluding hydrogens is 423 g/mol. The first kappa shape index (κ1) is 17.5. The summed E-state index contributed by atoms with van der Waals surface area (Å²) in [5.41, 5.74) is 1.81. The van der Waals surface area contributed by atoms with Gasteiger partial charge in [0, 0.05) is 0 Å². The summed E-state index contributed by atoms with van der Waals surface area (Å²) in [5, 5.41) is 10.5. The molecule has 0 aliphatic carbocycles. The Hall–Kier alpha value is -1.87. The van der Waals surface area contributed by atoms with Crippen LogP contribution < -0.4 is 15.9 Å². The predicted octanol–water partition coefficient (Wildman–Crippen LogP) is 4.88. The van der Waals surface area contributed by atoms with Gasteiger partial charge in [-0.05, 0) is 0 Å². The van der Waals surface area contributed by atoms with Gasteiger partial charge in [-0.15, -0.1) is 0 Å². The number of benzene rings is 3. The number of nitrogens with zero attached hydrogens (tertiary/aromatic N) is 2. The Labute approximate surface area is 165 Å². The summed E-state index contributed by atoms with van der Waals surface area (Å²) < 4.78 is 0. The fourth-order valence-corrected chi connectivity index (χ4v) is 12.6. The first-order valence-electron chi connectivity index (χ1n) is 8.36. The van der Waals surface area contributed by atoms with Gasteiger partial charge in [-0.3, -0.25) is 0 Å². The van der Waals surface area contributed by atoms with Gasteiger partial charge in [-0.2, -0.15) is 0 Å². The third-order valence-electron chi connectivity index (χ3n) is 4.72. The summed E-state index contributed by atoms with van der Waals surface area (Å²) in [6.45, 7) is 0. The molecule has 0 bridgehead atoms. The molecule has 0 spiro atoms. The van der Waals surface area contributed by atoms with Crippen molar-refractivity contribution in [1.82, 2.24) is 10.2 Å². The van der Waals surface area contributed by atoms with Gasteiger partial charge < -0.3 is 0 Å². The van der Waals surface area contributed by atoms with Crippen molar-refractivity contribution in [2.75, 3.05) is 0 Å². The molecule has 0 saturated heterocycles. The van der Waals surface area contributed by atoms with Gasteiger partial charge in [0.25, 0.3) is 0 Å². The minimum absolute atomic E-state index is 0.800. The average Bonchev–Trinajstić information content (AvgIpc) is 3.23. The van der Waals surface area contributed by atoms with E-state index in [1.807, 2.05) is 5.51 Å². The molecule has 0 radical (unpaired) electrons. The van der Waals surface area contributed by atoms with Gasteiger partial charge in [-0.25, -0.2) is 0 Å². The molecule has 0 fully saturated rings. The summed E-state index contributed by atoms with van der Waals surface area (Å²) in [6, 6.07) is 32.3. The van der Waals surface area contributed by atoms with Crippen LogP contribution in [0.1, 0.15) is 5.01 Å². The van der Waals surface area contributed by atoms with Crippen molar-refractivity contribution in [1.29, 1.82) is 0 Å². The van der Waals surface area contributed by atoms with Crippen LogP contribution in [0.15, 0.2) is 96.5 Å². The fourth-order valence-electron chi connectivity index (χ4n) is 3.46. The monoisotopic (exact) mass is 440 g/mol. The molecule has 0 unspecified atom stereocenters. The third kappa shape index (κ3) is 2.83. The van der Waals surface area contributed by atoms with Crippen LogP contribution in [0.25, 0.3) is 0 Å². The maximum atomic E-state index is 4.41. The zero-order chi connectivity index (χ0) is 17.9. The van der Waals surface area contributed by atoms with E-state index in [0.29, 0.717) is 0 Å². The zero-order valence-corrected chi connectivity index (χ0v) is 17.4. The Morgan fingerprint density at radius 2 is 1.12 bits per heavy atom. The van der Waals surface area contributed by atoms with Crippen molar-refractivity contribution in [2.45, 2.75) is 6.16 Å². The van der Waals surface area contributed by atoms with Crippen LogP contribution in [-0.4, -0.2) is 10.2 Å². The fraction of sp³-hybridized carbons (Fsp3) is 0.0476. The third-order valence-corrected chi connectivity index (χ3v) is 15.1. The maximum absolute atomic E-state index is 4.41. The van der Waals surface area contributed by atoms with Crippen LogP contribution in [-0.2, 0) is 6.16 Å². The van der Waals surface area contributed by atoms with Crippen LogP contribution in [0, 0.1) is 0 Å². The number of halogens is 1. The molecule has 2 nitrogen and oxygen atoms in total. The summed E-state index contributed by atoms with van der Waals surface area (Å²) in [5.74, 6) is 0. The van der Waals surface area contributed by atoms with Crippen LogP contribution in [0.3, 0.4) is 0 Å². The van der Waals surface area contributed by atoms with Gasteiger partial charge in [-0.1, -0.05) is 0 Å². The second kappa shape index (κ2) is 7.03. The Morgan fingerprint density at radius 3 is 1.46 bits per heavy atom. The molecule has 130 valence electrons. The molecule has 0 aliphatic rings. The Kier molecular flexibility index (Phi) is 4.74. The molecule has 26 heavy (non-hydrogen) atoms. The van der Waals surface area contributed by atoms with Crippen molar-refractivity contribution < 1.29 is 0 Å². The van der Waals surface area contributed by atoms with Crippen LogP contribution in [0.2, 0.25) is 0 Å². The normalized spacial score (nSPS) is 13.0. The molecule has 4 aromatic rings. The molecule has 0 atom stereocenters. The Morgan fingerprint density at radius 1 is 0.692 bits per heavy atom. The molecule has 0 aliphatic heterocycles. The minimum atomic E-state index is -2.92. The van der Waals surface area contributed by atoms with Crippen molar-refractivity contribution in [3.8, 4) is 0 Å². The van der Waals surface area contributed by atoms with Crippen molar-refractivity contribution in [3.63, 3.8) is 0 Å². The Bertz CT molecular complexity index is 877. The number of rotatable bonds is 5. The standard InChI is InChI=1S/C21H18BrN2PS/c22-25(16-21-24-23-17-26-21,18-10-4-1-5-11-18,19-12-6-2-7-13-19)20-14-8-3-9-15-20/h1-15,17H,16H2. The predicted molar refractivity (Wildman–Crippen MR) is 118 cm³/mol. The summed E-state index contributed by atoms with van der Waals surface area (Å²) in [7, 11) is 0. The van der Waals surface area contributed by atoms with E-state index in [9.17, 15) is 0 Å². The summed E-state index contributed by atoms with van der Waals surface area (Å²) in [6.07, 6.45) is 0.800. The van der Waals surface area contributed by atoms with E-state index >= 15 is 0 Å². The molecule has 0 N–H and O–H groups in total. The number of hydrogen-bond donors (Lipinski definition) is 0. The average molecular weight is 441 g/mol. The van der Waals surface area contributed by atoms with Crippen molar-refractivity contribution in [3.05, 3.63) is 102 Å². The first-order chi connectivity index (χ1) is 12.7. The first-order valence-corrected chi connectivity index (χ1v) is 13.7. The molecule has 4 rings (SSSR count). The van der Waals surface area contributed by atoms with Gasteiger partial charge in [0.15, 0.2) is 0 Å². The van der Waals surface area contributed by atoms with E-state index < -0.39 is 5.31 Å². The zero-order valence-electron chi connectivity index (χ0n) is 14.1. The van der Waals surface area contributed by atoms with E-state index in [4.69, 9.17) is 0 Å². The molecule has 3 aromatic carbocycles. The van der Waals surface area contributed by atoms with Gasteiger partial charge >= 0.3 is 166 Å². The van der Waals surface area contributed by atoms with Gasteiger partial charge in [0.2, 0.25) is 0 Å². The van der Waals surface area contributed by atoms with E-state index in [-0.39, 0.29) is 0 Å². The van der Waals surface area contributed by atoms with Crippen molar-refractivity contribution in [2.24, 2.45) is 0 Å². The molecule has 5 heteroatoms. The summed E-state index contributed by atoms with van der Waals surface area (Å²) in [4.78, 5) is 0. The summed E-state index contributed by atoms with van der Waals surface area (Å²) >= 11 is 6.02. The van der Waals surface area contributed by atoms with Crippen molar-refractivity contribution >= 4 is 48.0 Å². The Balaban J connectivity index is 2.10. The number of hydrogen-bond acceptors (Lipinski definition) is 3. The topological polar surface area (TPSA) is 25.8 Å². The molecule has 1 aromatic heterocycles. The second-order valence-electron chi connectivity index (χ2n) is 6.18. The molecule has 0 saturated carbocycles.